The maximum atomic E-state index is 13.5. The van der Waals surface area contributed by atoms with Gasteiger partial charge in [0.05, 0.1) is 12.3 Å². The third-order valence-corrected chi connectivity index (χ3v) is 4.69. The second-order valence-electron chi connectivity index (χ2n) is 5.38. The van der Waals surface area contributed by atoms with Crippen LogP contribution in [0.1, 0.15) is 11.5 Å². The van der Waals surface area contributed by atoms with Crippen LogP contribution in [-0.4, -0.2) is 21.8 Å². The van der Waals surface area contributed by atoms with Crippen LogP contribution in [0, 0.1) is 5.82 Å². The first-order valence-corrected chi connectivity index (χ1v) is 9.31. The van der Waals surface area contributed by atoms with Crippen molar-refractivity contribution in [2.45, 2.75) is 12.3 Å². The molecule has 0 aliphatic carbocycles. The van der Waals surface area contributed by atoms with Crippen molar-refractivity contribution in [3.05, 3.63) is 70.8 Å². The van der Waals surface area contributed by atoms with E-state index in [0.29, 0.717) is 28.1 Å². The van der Waals surface area contributed by atoms with Gasteiger partial charge < -0.3 is 9.84 Å². The molecule has 0 fully saturated rings. The highest BCUT2D eigenvalue weighted by Gasteiger charge is 2.10. The Kier molecular flexibility index (Phi) is 6.25. The van der Waals surface area contributed by atoms with E-state index in [1.807, 2.05) is 0 Å². The second-order valence-corrected chi connectivity index (χ2v) is 6.80. The molecule has 0 aliphatic heterocycles. The number of hydrogen-bond acceptors (Lipinski definition) is 5. The number of hydrogen-bond donors (Lipinski definition) is 1. The van der Waals surface area contributed by atoms with E-state index in [2.05, 4.69) is 15.5 Å². The quantitative estimate of drug-likeness (QED) is 0.657. The summed E-state index contributed by atoms with van der Waals surface area (Å²) in [5, 5.41) is 7.20. The van der Waals surface area contributed by atoms with Crippen molar-refractivity contribution in [2.24, 2.45) is 0 Å². The van der Waals surface area contributed by atoms with Gasteiger partial charge in [-0.05, 0) is 35.9 Å². The molecule has 0 spiro atoms. The molecule has 1 N–H and O–H groups in total. The number of nitrogens with zero attached hydrogens (tertiary/aromatic N) is 2. The van der Waals surface area contributed by atoms with Crippen LogP contribution in [0.4, 0.5) is 4.39 Å². The predicted octanol–water partition coefficient (Wildman–Crippen LogP) is 4.08. The molecule has 1 heterocycles. The third-order valence-electron chi connectivity index (χ3n) is 3.46. The summed E-state index contributed by atoms with van der Waals surface area (Å²) < 4.78 is 18.6. The average molecular weight is 392 g/mol. The fourth-order valence-corrected chi connectivity index (χ4v) is 3.11. The van der Waals surface area contributed by atoms with Crippen LogP contribution in [0.3, 0.4) is 0 Å². The molecular formula is C18H15ClFN3O2S. The number of thioether (sulfide) groups is 1. The van der Waals surface area contributed by atoms with Crippen molar-refractivity contribution in [3.8, 4) is 11.4 Å². The van der Waals surface area contributed by atoms with Gasteiger partial charge in [-0.1, -0.05) is 35.0 Å². The molecule has 3 rings (SSSR count). The summed E-state index contributed by atoms with van der Waals surface area (Å²) in [6, 6.07) is 13.6. The van der Waals surface area contributed by atoms with Crippen LogP contribution in [0.5, 0.6) is 0 Å². The van der Waals surface area contributed by atoms with E-state index >= 15 is 0 Å². The standard InChI is InChI=1S/C18H15ClFN3O2S/c19-14-7-5-12(6-8-14)18-22-17(25-23-18)9-21-16(24)11-26-10-13-3-1-2-4-15(13)20/h1-8H,9-11H2,(H,21,24). The second kappa shape index (κ2) is 8.82. The molecule has 1 amide bonds. The normalized spacial score (nSPS) is 10.7. The van der Waals surface area contributed by atoms with Crippen molar-refractivity contribution in [3.63, 3.8) is 0 Å². The first-order valence-electron chi connectivity index (χ1n) is 7.78. The minimum atomic E-state index is -0.263. The van der Waals surface area contributed by atoms with Crippen LogP contribution in [0.15, 0.2) is 53.1 Å². The molecule has 0 saturated carbocycles. The predicted molar refractivity (Wildman–Crippen MR) is 99.2 cm³/mol. The number of amides is 1. The Morgan fingerprint density at radius 3 is 2.73 bits per heavy atom. The highest BCUT2D eigenvalue weighted by Crippen LogP contribution is 2.19. The van der Waals surface area contributed by atoms with Gasteiger partial charge in [-0.3, -0.25) is 4.79 Å². The molecule has 0 radical (unpaired) electrons. The summed E-state index contributed by atoms with van der Waals surface area (Å²) in [5.41, 5.74) is 1.35. The lowest BCUT2D eigenvalue weighted by molar-refractivity contribution is -0.118. The molecule has 134 valence electrons. The van der Waals surface area contributed by atoms with Crippen molar-refractivity contribution in [1.29, 1.82) is 0 Å². The van der Waals surface area contributed by atoms with E-state index in [-0.39, 0.29) is 24.0 Å². The first-order chi connectivity index (χ1) is 12.6. The van der Waals surface area contributed by atoms with Crippen molar-refractivity contribution >= 4 is 29.3 Å². The maximum Gasteiger partial charge on any atom is 0.246 e. The Bertz CT molecular complexity index is 886. The van der Waals surface area contributed by atoms with E-state index in [1.165, 1.54) is 17.8 Å². The molecule has 0 bridgehead atoms. The lowest BCUT2D eigenvalue weighted by atomic mass is 10.2. The molecule has 3 aromatic rings. The summed E-state index contributed by atoms with van der Waals surface area (Å²) in [4.78, 5) is 16.1. The van der Waals surface area contributed by atoms with Crippen LogP contribution < -0.4 is 5.32 Å². The Hall–Kier alpha value is -2.38. The number of rotatable bonds is 7. The van der Waals surface area contributed by atoms with Gasteiger partial charge in [0.1, 0.15) is 5.82 Å². The van der Waals surface area contributed by atoms with Gasteiger partial charge in [-0.25, -0.2) is 4.39 Å². The summed E-state index contributed by atoms with van der Waals surface area (Å²) >= 11 is 7.18. The molecule has 1 aromatic heterocycles. The Balaban J connectivity index is 1.45. The first kappa shape index (κ1) is 18.4. The van der Waals surface area contributed by atoms with Gasteiger partial charge in [0.25, 0.3) is 0 Å². The molecule has 26 heavy (non-hydrogen) atoms. The smallest absolute Gasteiger partial charge is 0.246 e. The minimum absolute atomic E-state index is 0.139. The molecule has 8 heteroatoms. The Morgan fingerprint density at radius 1 is 1.19 bits per heavy atom. The van der Waals surface area contributed by atoms with Gasteiger partial charge in [0, 0.05) is 16.3 Å². The van der Waals surface area contributed by atoms with Gasteiger partial charge in [-0.2, -0.15) is 4.98 Å². The molecule has 0 saturated heterocycles. The fraction of sp³-hybridized carbons (Fsp3) is 0.167. The van der Waals surface area contributed by atoms with Gasteiger partial charge in [0.15, 0.2) is 0 Å². The van der Waals surface area contributed by atoms with Gasteiger partial charge >= 0.3 is 0 Å². The SMILES string of the molecule is O=C(CSCc1ccccc1F)NCc1nc(-c2ccc(Cl)cc2)no1. The van der Waals surface area contributed by atoms with E-state index in [1.54, 1.807) is 42.5 Å². The largest absolute Gasteiger partial charge is 0.346 e. The lowest BCUT2D eigenvalue weighted by Crippen LogP contribution is -2.24. The highest BCUT2D eigenvalue weighted by atomic mass is 35.5. The number of halogens is 2. The molecule has 2 aromatic carbocycles. The van der Waals surface area contributed by atoms with Crippen molar-refractivity contribution in [2.75, 3.05) is 5.75 Å². The lowest BCUT2D eigenvalue weighted by Gasteiger charge is -2.04. The fourth-order valence-electron chi connectivity index (χ4n) is 2.14. The third kappa shape index (κ3) is 5.06. The Morgan fingerprint density at radius 2 is 1.96 bits per heavy atom. The zero-order chi connectivity index (χ0) is 18.4. The summed E-state index contributed by atoms with van der Waals surface area (Å²) in [6.07, 6.45) is 0. The summed E-state index contributed by atoms with van der Waals surface area (Å²) in [6.45, 7) is 0.139. The number of aromatic nitrogens is 2. The van der Waals surface area contributed by atoms with E-state index in [0.717, 1.165) is 5.56 Å². The van der Waals surface area contributed by atoms with Crippen molar-refractivity contribution in [1.82, 2.24) is 15.5 Å². The average Bonchev–Trinajstić information content (AvgIpc) is 3.11. The molecular weight excluding hydrogens is 377 g/mol. The molecule has 0 atom stereocenters. The highest BCUT2D eigenvalue weighted by molar-refractivity contribution is 7.99. The van der Waals surface area contributed by atoms with E-state index in [4.69, 9.17) is 16.1 Å². The zero-order valence-electron chi connectivity index (χ0n) is 13.6. The number of benzene rings is 2. The van der Waals surface area contributed by atoms with E-state index < -0.39 is 0 Å². The maximum absolute atomic E-state index is 13.5. The van der Waals surface area contributed by atoms with Gasteiger partial charge in [0.2, 0.25) is 17.6 Å². The molecule has 5 nitrogen and oxygen atoms in total. The van der Waals surface area contributed by atoms with E-state index in [9.17, 15) is 9.18 Å². The Labute approximate surface area is 158 Å². The van der Waals surface area contributed by atoms with Crippen LogP contribution in [-0.2, 0) is 17.1 Å². The van der Waals surface area contributed by atoms with Crippen LogP contribution in [0.25, 0.3) is 11.4 Å². The van der Waals surface area contributed by atoms with Crippen LogP contribution in [0.2, 0.25) is 5.02 Å². The van der Waals surface area contributed by atoms with Crippen LogP contribution >= 0.6 is 23.4 Å². The monoisotopic (exact) mass is 391 g/mol. The minimum Gasteiger partial charge on any atom is -0.346 e. The summed E-state index contributed by atoms with van der Waals surface area (Å²) in [7, 11) is 0. The topological polar surface area (TPSA) is 68.0 Å². The van der Waals surface area contributed by atoms with Gasteiger partial charge in [-0.15, -0.1) is 11.8 Å². The zero-order valence-corrected chi connectivity index (χ0v) is 15.2. The number of carbonyl (C=O) groups excluding carboxylic acids is 1. The molecule has 0 aliphatic rings. The molecule has 0 unspecified atom stereocenters. The number of carbonyl (C=O) groups is 1. The number of nitrogens with one attached hydrogen (secondary N) is 1. The van der Waals surface area contributed by atoms with Crippen molar-refractivity contribution < 1.29 is 13.7 Å². The summed E-state index contributed by atoms with van der Waals surface area (Å²) in [5.74, 6) is 0.939.